The molecule has 0 aliphatic rings. The van der Waals surface area contributed by atoms with E-state index in [2.05, 4.69) is 5.32 Å². The van der Waals surface area contributed by atoms with Crippen LogP contribution in [-0.2, 0) is 0 Å². The van der Waals surface area contributed by atoms with Crippen molar-refractivity contribution in [2.75, 3.05) is 6.54 Å². The SMILES string of the molecule is CCCC(C)(O)CNC(=O)c1cc(F)c(Cl)cc1F. The van der Waals surface area contributed by atoms with E-state index in [1.807, 2.05) is 6.92 Å². The van der Waals surface area contributed by atoms with Gasteiger partial charge in [-0.15, -0.1) is 0 Å². The standard InChI is InChI=1S/C13H16ClF2NO2/c1-3-4-13(2,19)7-17-12(18)8-5-11(16)9(14)6-10(8)15/h5-6,19H,3-4,7H2,1-2H3,(H,17,18). The molecule has 1 amide bonds. The number of amides is 1. The number of carbonyl (C=O) groups is 1. The van der Waals surface area contributed by atoms with Gasteiger partial charge in [-0.2, -0.15) is 0 Å². The Balaban J connectivity index is 2.77. The summed E-state index contributed by atoms with van der Waals surface area (Å²) in [4.78, 5) is 11.7. The van der Waals surface area contributed by atoms with Crippen molar-refractivity contribution in [1.82, 2.24) is 5.32 Å². The molecule has 0 aliphatic carbocycles. The first-order valence-corrected chi connectivity index (χ1v) is 6.30. The van der Waals surface area contributed by atoms with E-state index in [0.29, 0.717) is 6.42 Å². The Labute approximate surface area is 115 Å². The molecule has 3 nitrogen and oxygen atoms in total. The number of hydrogen-bond acceptors (Lipinski definition) is 2. The van der Waals surface area contributed by atoms with E-state index >= 15 is 0 Å². The van der Waals surface area contributed by atoms with Crippen LogP contribution >= 0.6 is 11.6 Å². The first-order valence-electron chi connectivity index (χ1n) is 5.92. The third-order valence-electron chi connectivity index (χ3n) is 2.67. The van der Waals surface area contributed by atoms with E-state index in [1.165, 1.54) is 0 Å². The van der Waals surface area contributed by atoms with Gasteiger partial charge in [-0.05, 0) is 25.5 Å². The van der Waals surface area contributed by atoms with Crippen LogP contribution in [0.2, 0.25) is 5.02 Å². The summed E-state index contributed by atoms with van der Waals surface area (Å²) in [5.74, 6) is -2.56. The molecule has 0 aromatic heterocycles. The lowest BCUT2D eigenvalue weighted by molar-refractivity contribution is 0.0468. The molecule has 0 heterocycles. The maximum Gasteiger partial charge on any atom is 0.254 e. The molecular formula is C13H16ClF2NO2. The van der Waals surface area contributed by atoms with Gasteiger partial charge in [0.15, 0.2) is 0 Å². The summed E-state index contributed by atoms with van der Waals surface area (Å²) in [7, 11) is 0. The van der Waals surface area contributed by atoms with Crippen molar-refractivity contribution >= 4 is 17.5 Å². The van der Waals surface area contributed by atoms with Gasteiger partial charge in [0, 0.05) is 6.54 Å². The first kappa shape index (κ1) is 15.9. The molecule has 2 N–H and O–H groups in total. The minimum atomic E-state index is -1.08. The molecule has 0 radical (unpaired) electrons. The van der Waals surface area contributed by atoms with Gasteiger partial charge in [0.1, 0.15) is 11.6 Å². The summed E-state index contributed by atoms with van der Waals surface area (Å²) in [6.45, 7) is 3.42. The second-order valence-electron chi connectivity index (χ2n) is 4.68. The number of halogens is 3. The zero-order chi connectivity index (χ0) is 14.6. The fourth-order valence-electron chi connectivity index (χ4n) is 1.69. The number of rotatable bonds is 5. The van der Waals surface area contributed by atoms with E-state index in [1.54, 1.807) is 6.92 Å². The van der Waals surface area contributed by atoms with Crippen LogP contribution in [0, 0.1) is 11.6 Å². The van der Waals surface area contributed by atoms with Crippen molar-refractivity contribution in [1.29, 1.82) is 0 Å². The van der Waals surface area contributed by atoms with Crippen molar-refractivity contribution in [3.8, 4) is 0 Å². The van der Waals surface area contributed by atoms with Gasteiger partial charge >= 0.3 is 0 Å². The summed E-state index contributed by atoms with van der Waals surface area (Å²) >= 11 is 5.39. The van der Waals surface area contributed by atoms with Crippen molar-refractivity contribution in [3.63, 3.8) is 0 Å². The molecule has 0 spiro atoms. The van der Waals surface area contributed by atoms with E-state index < -0.39 is 28.7 Å². The van der Waals surface area contributed by atoms with Crippen LogP contribution in [0.3, 0.4) is 0 Å². The van der Waals surface area contributed by atoms with Gasteiger partial charge in [-0.25, -0.2) is 8.78 Å². The Hall–Kier alpha value is -1.20. The highest BCUT2D eigenvalue weighted by Gasteiger charge is 2.22. The summed E-state index contributed by atoms with van der Waals surface area (Å²) in [6.07, 6.45) is 1.23. The monoisotopic (exact) mass is 291 g/mol. The first-order chi connectivity index (χ1) is 8.76. The van der Waals surface area contributed by atoms with Crippen LogP contribution < -0.4 is 5.32 Å². The zero-order valence-corrected chi connectivity index (χ0v) is 11.5. The van der Waals surface area contributed by atoms with Gasteiger partial charge in [0.05, 0.1) is 16.2 Å². The number of aliphatic hydroxyl groups is 1. The number of carbonyl (C=O) groups excluding carboxylic acids is 1. The van der Waals surface area contributed by atoms with Gasteiger partial charge in [0.25, 0.3) is 5.91 Å². The third-order valence-corrected chi connectivity index (χ3v) is 2.96. The Morgan fingerprint density at radius 1 is 1.42 bits per heavy atom. The van der Waals surface area contributed by atoms with E-state index in [4.69, 9.17) is 11.6 Å². The Bertz CT molecular complexity index is 478. The van der Waals surface area contributed by atoms with E-state index in [-0.39, 0.29) is 11.6 Å². The second-order valence-corrected chi connectivity index (χ2v) is 5.08. The number of benzene rings is 1. The Kier molecular flexibility index (Phi) is 5.26. The maximum atomic E-state index is 13.5. The molecule has 0 saturated carbocycles. The molecule has 1 atom stereocenters. The smallest absolute Gasteiger partial charge is 0.254 e. The van der Waals surface area contributed by atoms with Crippen molar-refractivity contribution in [2.24, 2.45) is 0 Å². The van der Waals surface area contributed by atoms with Crippen LogP contribution in [0.25, 0.3) is 0 Å². The summed E-state index contributed by atoms with van der Waals surface area (Å²) in [5.41, 5.74) is -1.51. The molecule has 0 aliphatic heterocycles. The van der Waals surface area contributed by atoms with E-state index in [9.17, 15) is 18.7 Å². The maximum absolute atomic E-state index is 13.5. The molecule has 0 saturated heterocycles. The fraction of sp³-hybridized carbons (Fsp3) is 0.462. The summed E-state index contributed by atoms with van der Waals surface area (Å²) < 4.78 is 26.7. The molecule has 6 heteroatoms. The van der Waals surface area contributed by atoms with Gasteiger partial charge in [-0.1, -0.05) is 24.9 Å². The van der Waals surface area contributed by atoms with Crippen LogP contribution in [0.1, 0.15) is 37.0 Å². The lowest BCUT2D eigenvalue weighted by Crippen LogP contribution is -2.40. The summed E-state index contributed by atoms with van der Waals surface area (Å²) in [5, 5.41) is 11.9. The molecular weight excluding hydrogens is 276 g/mol. The Morgan fingerprint density at radius 3 is 2.63 bits per heavy atom. The molecule has 1 rings (SSSR count). The molecule has 0 fully saturated rings. The molecule has 106 valence electrons. The number of hydrogen-bond donors (Lipinski definition) is 2. The van der Waals surface area contributed by atoms with Crippen LogP contribution in [0.15, 0.2) is 12.1 Å². The van der Waals surface area contributed by atoms with E-state index in [0.717, 1.165) is 18.6 Å². The molecule has 1 aromatic carbocycles. The average molecular weight is 292 g/mol. The van der Waals surface area contributed by atoms with Crippen molar-refractivity contribution in [3.05, 3.63) is 34.4 Å². The lowest BCUT2D eigenvalue weighted by atomic mass is 10.0. The Morgan fingerprint density at radius 2 is 2.05 bits per heavy atom. The van der Waals surface area contributed by atoms with Crippen molar-refractivity contribution < 1.29 is 18.7 Å². The average Bonchev–Trinajstić information content (AvgIpc) is 2.31. The highest BCUT2D eigenvalue weighted by Crippen LogP contribution is 2.19. The van der Waals surface area contributed by atoms with Crippen molar-refractivity contribution in [2.45, 2.75) is 32.3 Å². The second kappa shape index (κ2) is 6.30. The largest absolute Gasteiger partial charge is 0.388 e. The predicted molar refractivity (Wildman–Crippen MR) is 69.2 cm³/mol. The number of nitrogens with one attached hydrogen (secondary N) is 1. The van der Waals surface area contributed by atoms with Crippen LogP contribution in [-0.4, -0.2) is 23.2 Å². The van der Waals surface area contributed by atoms with Crippen LogP contribution in [0.4, 0.5) is 8.78 Å². The molecule has 0 bridgehead atoms. The molecule has 19 heavy (non-hydrogen) atoms. The predicted octanol–water partition coefficient (Wildman–Crippen LogP) is 2.90. The highest BCUT2D eigenvalue weighted by molar-refractivity contribution is 6.30. The van der Waals surface area contributed by atoms with Gasteiger partial charge in [0.2, 0.25) is 0 Å². The zero-order valence-electron chi connectivity index (χ0n) is 10.8. The normalized spacial score (nSPS) is 14.0. The summed E-state index contributed by atoms with van der Waals surface area (Å²) in [6, 6.07) is 1.48. The topological polar surface area (TPSA) is 49.3 Å². The van der Waals surface area contributed by atoms with Gasteiger partial charge < -0.3 is 10.4 Å². The minimum absolute atomic E-state index is 0.0383. The quantitative estimate of drug-likeness (QED) is 0.820. The lowest BCUT2D eigenvalue weighted by Gasteiger charge is -2.23. The third kappa shape index (κ3) is 4.44. The molecule has 1 unspecified atom stereocenters. The molecule has 1 aromatic rings. The fourth-order valence-corrected chi connectivity index (χ4v) is 1.84. The highest BCUT2D eigenvalue weighted by atomic mass is 35.5. The minimum Gasteiger partial charge on any atom is -0.388 e. The van der Waals surface area contributed by atoms with Crippen LogP contribution in [0.5, 0.6) is 0 Å². The van der Waals surface area contributed by atoms with Gasteiger partial charge in [-0.3, -0.25) is 4.79 Å².